The molecule has 2 aromatic rings. The van der Waals surface area contributed by atoms with E-state index in [0.717, 1.165) is 22.6 Å². The van der Waals surface area contributed by atoms with E-state index in [2.05, 4.69) is 12.2 Å². The molecule has 0 fully saturated rings. The van der Waals surface area contributed by atoms with Gasteiger partial charge in [0, 0.05) is 12.2 Å². The van der Waals surface area contributed by atoms with Crippen molar-refractivity contribution in [3.8, 4) is 5.75 Å². The average molecular weight is 324 g/mol. The lowest BCUT2D eigenvalue weighted by Crippen LogP contribution is -2.06. The normalized spacial score (nSPS) is 10.8. The van der Waals surface area contributed by atoms with Gasteiger partial charge in [-0.1, -0.05) is 29.3 Å². The maximum atomic E-state index is 6.02. The summed E-state index contributed by atoms with van der Waals surface area (Å²) in [5.41, 5.74) is 3.32. The zero-order valence-corrected chi connectivity index (χ0v) is 13.9. The summed E-state index contributed by atoms with van der Waals surface area (Å²) < 4.78 is 5.68. The third kappa shape index (κ3) is 4.55. The number of nitrogens with one attached hydrogen (secondary N) is 1. The van der Waals surface area contributed by atoms with Crippen LogP contribution in [0.3, 0.4) is 0 Å². The van der Waals surface area contributed by atoms with Crippen LogP contribution >= 0.6 is 23.2 Å². The van der Waals surface area contributed by atoms with E-state index in [1.54, 1.807) is 0 Å². The minimum absolute atomic E-state index is 0.180. The first-order valence-electron chi connectivity index (χ1n) is 6.91. The molecular weight excluding hydrogens is 305 g/mol. The average Bonchev–Trinajstić information content (AvgIpc) is 2.41. The standard InChI is InChI=1S/C17H19Cl2NO/c1-11(2)21-14-5-7-17(12(3)8-14)20-10-13-4-6-15(18)16(19)9-13/h4-9,11,20H,10H2,1-3H3. The molecule has 0 bridgehead atoms. The second-order valence-corrected chi connectivity index (χ2v) is 6.06. The summed E-state index contributed by atoms with van der Waals surface area (Å²) in [5, 5.41) is 4.55. The fraction of sp³-hybridized carbons (Fsp3) is 0.294. The molecule has 1 N–H and O–H groups in total. The number of halogens is 2. The molecule has 2 nitrogen and oxygen atoms in total. The summed E-state index contributed by atoms with van der Waals surface area (Å²) in [6.07, 6.45) is 0.180. The molecule has 0 amide bonds. The van der Waals surface area contributed by atoms with Crippen LogP contribution in [-0.4, -0.2) is 6.10 Å². The van der Waals surface area contributed by atoms with Crippen molar-refractivity contribution in [3.05, 3.63) is 57.6 Å². The van der Waals surface area contributed by atoms with Crippen molar-refractivity contribution < 1.29 is 4.74 Å². The molecule has 0 saturated carbocycles. The Labute approximate surface area is 136 Å². The van der Waals surface area contributed by atoms with Crippen LogP contribution in [0.25, 0.3) is 0 Å². The van der Waals surface area contributed by atoms with E-state index in [-0.39, 0.29) is 6.10 Å². The van der Waals surface area contributed by atoms with Crippen molar-refractivity contribution in [1.29, 1.82) is 0 Å². The van der Waals surface area contributed by atoms with Gasteiger partial charge in [-0.15, -0.1) is 0 Å². The number of hydrogen-bond donors (Lipinski definition) is 1. The molecule has 0 aliphatic rings. The molecule has 0 unspecified atom stereocenters. The van der Waals surface area contributed by atoms with Gasteiger partial charge in [-0.3, -0.25) is 0 Å². The molecule has 0 aliphatic carbocycles. The van der Waals surface area contributed by atoms with Crippen LogP contribution in [0.4, 0.5) is 5.69 Å². The molecule has 0 heterocycles. The van der Waals surface area contributed by atoms with E-state index in [1.165, 1.54) is 0 Å². The molecule has 0 aliphatic heterocycles. The SMILES string of the molecule is Cc1cc(OC(C)C)ccc1NCc1ccc(Cl)c(Cl)c1. The second-order valence-electron chi connectivity index (χ2n) is 5.25. The largest absolute Gasteiger partial charge is 0.491 e. The molecule has 0 aromatic heterocycles. The fourth-order valence-corrected chi connectivity index (χ4v) is 2.35. The van der Waals surface area contributed by atoms with Crippen molar-refractivity contribution in [2.45, 2.75) is 33.4 Å². The maximum Gasteiger partial charge on any atom is 0.120 e. The van der Waals surface area contributed by atoms with E-state index in [0.29, 0.717) is 16.6 Å². The highest BCUT2D eigenvalue weighted by molar-refractivity contribution is 6.42. The van der Waals surface area contributed by atoms with Crippen molar-refractivity contribution in [2.75, 3.05) is 5.32 Å². The Morgan fingerprint density at radius 2 is 1.81 bits per heavy atom. The maximum absolute atomic E-state index is 6.02. The highest BCUT2D eigenvalue weighted by Crippen LogP contribution is 2.25. The van der Waals surface area contributed by atoms with Gasteiger partial charge in [-0.25, -0.2) is 0 Å². The van der Waals surface area contributed by atoms with Gasteiger partial charge in [0.1, 0.15) is 5.75 Å². The van der Waals surface area contributed by atoms with Crippen LogP contribution in [0.15, 0.2) is 36.4 Å². The molecule has 0 radical (unpaired) electrons. The predicted molar refractivity (Wildman–Crippen MR) is 90.7 cm³/mol. The topological polar surface area (TPSA) is 21.3 Å². The Morgan fingerprint density at radius 3 is 2.43 bits per heavy atom. The van der Waals surface area contributed by atoms with Gasteiger partial charge in [0.25, 0.3) is 0 Å². The molecule has 112 valence electrons. The van der Waals surface area contributed by atoms with Crippen molar-refractivity contribution >= 4 is 28.9 Å². The Hall–Kier alpha value is -1.38. The van der Waals surface area contributed by atoms with Crippen molar-refractivity contribution in [2.24, 2.45) is 0 Å². The van der Waals surface area contributed by atoms with Crippen LogP contribution < -0.4 is 10.1 Å². The minimum atomic E-state index is 0.180. The monoisotopic (exact) mass is 323 g/mol. The second kappa shape index (κ2) is 7.06. The zero-order valence-electron chi connectivity index (χ0n) is 12.4. The Bertz CT molecular complexity index is 626. The van der Waals surface area contributed by atoms with Crippen molar-refractivity contribution in [1.82, 2.24) is 0 Å². The quantitative estimate of drug-likeness (QED) is 0.761. The van der Waals surface area contributed by atoms with E-state index in [1.807, 2.05) is 50.2 Å². The molecule has 2 rings (SSSR count). The molecule has 4 heteroatoms. The summed E-state index contributed by atoms with van der Waals surface area (Å²) >= 11 is 11.9. The van der Waals surface area contributed by atoms with E-state index in [4.69, 9.17) is 27.9 Å². The third-order valence-corrected chi connectivity index (χ3v) is 3.78. The number of hydrogen-bond acceptors (Lipinski definition) is 2. The van der Waals surface area contributed by atoms with E-state index in [9.17, 15) is 0 Å². The summed E-state index contributed by atoms with van der Waals surface area (Å²) in [6.45, 7) is 6.80. The third-order valence-electron chi connectivity index (χ3n) is 3.04. The number of aryl methyl sites for hydroxylation is 1. The minimum Gasteiger partial charge on any atom is -0.491 e. The summed E-state index contributed by atoms with van der Waals surface area (Å²) in [4.78, 5) is 0. The molecule has 0 saturated heterocycles. The summed E-state index contributed by atoms with van der Waals surface area (Å²) in [6, 6.07) is 11.7. The molecule has 21 heavy (non-hydrogen) atoms. The Balaban J connectivity index is 2.04. The van der Waals surface area contributed by atoms with Gasteiger partial charge in [0.15, 0.2) is 0 Å². The molecule has 2 aromatic carbocycles. The zero-order chi connectivity index (χ0) is 15.4. The summed E-state index contributed by atoms with van der Waals surface area (Å²) in [7, 11) is 0. The highest BCUT2D eigenvalue weighted by atomic mass is 35.5. The number of ether oxygens (including phenoxy) is 1. The van der Waals surface area contributed by atoms with Crippen LogP contribution in [0.2, 0.25) is 10.0 Å². The predicted octanol–water partition coefficient (Wildman–Crippen LogP) is 5.70. The highest BCUT2D eigenvalue weighted by Gasteiger charge is 2.04. The lowest BCUT2D eigenvalue weighted by molar-refractivity contribution is 0.242. The van der Waals surface area contributed by atoms with Crippen molar-refractivity contribution in [3.63, 3.8) is 0 Å². The van der Waals surface area contributed by atoms with E-state index >= 15 is 0 Å². The van der Waals surface area contributed by atoms with Crippen LogP contribution in [0.1, 0.15) is 25.0 Å². The van der Waals surface area contributed by atoms with Gasteiger partial charge in [0.05, 0.1) is 16.1 Å². The lowest BCUT2D eigenvalue weighted by atomic mass is 10.1. The first-order chi connectivity index (χ1) is 9.95. The number of benzene rings is 2. The number of anilines is 1. The first-order valence-corrected chi connectivity index (χ1v) is 7.66. The van der Waals surface area contributed by atoms with Crippen LogP contribution in [-0.2, 0) is 6.54 Å². The van der Waals surface area contributed by atoms with Gasteiger partial charge < -0.3 is 10.1 Å². The summed E-state index contributed by atoms with van der Waals surface area (Å²) in [5.74, 6) is 0.891. The Morgan fingerprint density at radius 1 is 1.05 bits per heavy atom. The molecule has 0 atom stereocenters. The van der Waals surface area contributed by atoms with Gasteiger partial charge in [-0.2, -0.15) is 0 Å². The first kappa shape index (κ1) is 16.0. The van der Waals surface area contributed by atoms with E-state index < -0.39 is 0 Å². The van der Waals surface area contributed by atoms with Gasteiger partial charge in [0.2, 0.25) is 0 Å². The van der Waals surface area contributed by atoms with Crippen LogP contribution in [0, 0.1) is 6.92 Å². The van der Waals surface area contributed by atoms with Gasteiger partial charge in [-0.05, 0) is 62.2 Å². The smallest absolute Gasteiger partial charge is 0.120 e. The molecule has 0 spiro atoms. The van der Waals surface area contributed by atoms with Gasteiger partial charge >= 0.3 is 0 Å². The van der Waals surface area contributed by atoms with Crippen LogP contribution in [0.5, 0.6) is 5.75 Å². The lowest BCUT2D eigenvalue weighted by Gasteiger charge is -2.14. The molecular formula is C17H19Cl2NO. The fourth-order valence-electron chi connectivity index (χ4n) is 2.03. The Kier molecular flexibility index (Phi) is 5.38. The number of rotatable bonds is 5.